The molecule has 2 aromatic heterocycles. The van der Waals surface area contributed by atoms with Gasteiger partial charge in [0.25, 0.3) is 0 Å². The van der Waals surface area contributed by atoms with Gasteiger partial charge in [-0.15, -0.1) is 11.3 Å². The zero-order valence-corrected chi connectivity index (χ0v) is 13.5. The Kier molecular flexibility index (Phi) is 3.35. The van der Waals surface area contributed by atoms with Crippen LogP contribution in [0.25, 0.3) is 10.2 Å². The molecule has 3 N–H and O–H groups in total. The maximum atomic E-state index is 5.79. The van der Waals surface area contributed by atoms with E-state index in [0.717, 1.165) is 31.8 Å². The lowest BCUT2D eigenvalue weighted by Gasteiger charge is -2.10. The molecule has 0 amide bonds. The highest BCUT2D eigenvalue weighted by atomic mass is 79.9. The van der Waals surface area contributed by atoms with E-state index in [1.54, 1.807) is 11.3 Å². The van der Waals surface area contributed by atoms with Crippen LogP contribution in [-0.4, -0.2) is 9.97 Å². The highest BCUT2D eigenvalue weighted by Gasteiger charge is 2.11. The maximum absolute atomic E-state index is 5.79. The number of rotatable bonds is 2. The van der Waals surface area contributed by atoms with E-state index in [2.05, 4.69) is 44.2 Å². The molecule has 3 rings (SSSR count). The number of fused-ring (bicyclic) bond motifs is 1. The second-order valence-electron chi connectivity index (χ2n) is 4.57. The summed E-state index contributed by atoms with van der Waals surface area (Å²) in [7, 11) is 0. The monoisotopic (exact) mass is 348 g/mol. The van der Waals surface area contributed by atoms with Gasteiger partial charge in [-0.1, -0.05) is 12.1 Å². The largest absolute Gasteiger partial charge is 0.368 e. The Labute approximate surface area is 129 Å². The lowest BCUT2D eigenvalue weighted by molar-refractivity contribution is 1.24. The van der Waals surface area contributed by atoms with Crippen LogP contribution in [0.4, 0.5) is 17.5 Å². The summed E-state index contributed by atoms with van der Waals surface area (Å²) >= 11 is 5.21. The number of nitrogen functional groups attached to an aromatic ring is 1. The molecule has 1 aromatic carbocycles. The van der Waals surface area contributed by atoms with E-state index in [1.807, 2.05) is 25.1 Å². The van der Waals surface area contributed by atoms with Gasteiger partial charge in [-0.05, 0) is 47.5 Å². The summed E-state index contributed by atoms with van der Waals surface area (Å²) in [5.41, 5.74) is 7.92. The first kappa shape index (κ1) is 13.3. The van der Waals surface area contributed by atoms with Crippen molar-refractivity contribution in [3.05, 3.63) is 39.2 Å². The van der Waals surface area contributed by atoms with Crippen molar-refractivity contribution >= 4 is 54.9 Å². The molecule has 0 spiro atoms. The summed E-state index contributed by atoms with van der Waals surface area (Å²) in [5, 5.41) is 4.33. The number of thiophene rings is 1. The summed E-state index contributed by atoms with van der Waals surface area (Å²) in [6.45, 7) is 4.10. The van der Waals surface area contributed by atoms with Crippen LogP contribution in [0.1, 0.15) is 10.4 Å². The number of hydrogen-bond acceptors (Lipinski definition) is 5. The SMILES string of the molecule is Cc1cc2c(Nc3cccc(C)c3Br)nc(N)nc2s1. The van der Waals surface area contributed by atoms with Crippen LogP contribution in [0.5, 0.6) is 0 Å². The first-order valence-electron chi connectivity index (χ1n) is 6.10. The third-order valence-corrected chi connectivity index (χ3v) is 4.98. The van der Waals surface area contributed by atoms with Gasteiger partial charge in [-0.2, -0.15) is 4.98 Å². The van der Waals surface area contributed by atoms with Crippen LogP contribution >= 0.6 is 27.3 Å². The van der Waals surface area contributed by atoms with Crippen molar-refractivity contribution in [2.24, 2.45) is 0 Å². The molecule has 0 saturated carbocycles. The summed E-state index contributed by atoms with van der Waals surface area (Å²) in [6.07, 6.45) is 0. The molecule has 0 fully saturated rings. The molecule has 102 valence electrons. The summed E-state index contributed by atoms with van der Waals surface area (Å²) < 4.78 is 1.03. The van der Waals surface area contributed by atoms with E-state index in [-0.39, 0.29) is 5.95 Å². The molecule has 0 unspecified atom stereocenters. The number of nitrogens with zero attached hydrogens (tertiary/aromatic N) is 2. The van der Waals surface area contributed by atoms with Crippen LogP contribution in [0, 0.1) is 13.8 Å². The first-order chi connectivity index (χ1) is 9.54. The molecule has 0 bridgehead atoms. The van der Waals surface area contributed by atoms with Gasteiger partial charge in [0.2, 0.25) is 5.95 Å². The van der Waals surface area contributed by atoms with Crippen LogP contribution in [0.15, 0.2) is 28.7 Å². The van der Waals surface area contributed by atoms with E-state index in [4.69, 9.17) is 5.73 Å². The minimum Gasteiger partial charge on any atom is -0.368 e. The summed E-state index contributed by atoms with van der Waals surface area (Å²) in [4.78, 5) is 10.7. The zero-order valence-electron chi connectivity index (χ0n) is 11.1. The van der Waals surface area contributed by atoms with E-state index < -0.39 is 0 Å². The molecule has 0 aliphatic rings. The van der Waals surface area contributed by atoms with E-state index in [9.17, 15) is 0 Å². The van der Waals surface area contributed by atoms with Crippen molar-refractivity contribution in [3.8, 4) is 0 Å². The topological polar surface area (TPSA) is 63.8 Å². The average Bonchev–Trinajstić information content (AvgIpc) is 2.75. The van der Waals surface area contributed by atoms with Crippen molar-refractivity contribution in [1.29, 1.82) is 0 Å². The predicted molar refractivity (Wildman–Crippen MR) is 88.7 cm³/mol. The molecule has 0 aliphatic heterocycles. The van der Waals surface area contributed by atoms with Crippen molar-refractivity contribution in [3.63, 3.8) is 0 Å². The van der Waals surface area contributed by atoms with Gasteiger partial charge in [0.15, 0.2) is 0 Å². The third-order valence-electron chi connectivity index (χ3n) is 2.98. The highest BCUT2D eigenvalue weighted by Crippen LogP contribution is 2.33. The molecule has 0 aliphatic carbocycles. The second kappa shape index (κ2) is 5.03. The Hall–Kier alpha value is -1.66. The standard InChI is InChI=1S/C14H13BrN4S/c1-7-4-3-5-10(11(7)15)17-12-9-6-8(2)20-13(9)19-14(16)18-12/h3-6H,1-2H3,(H3,16,17,18,19). The number of halogens is 1. The fourth-order valence-corrected chi connectivity index (χ4v) is 3.28. The Balaban J connectivity index is 2.12. The average molecular weight is 349 g/mol. The molecule has 0 radical (unpaired) electrons. The minimum atomic E-state index is 0.283. The summed E-state index contributed by atoms with van der Waals surface area (Å²) in [6, 6.07) is 8.13. The lowest BCUT2D eigenvalue weighted by atomic mass is 10.2. The van der Waals surface area contributed by atoms with Crippen molar-refractivity contribution < 1.29 is 0 Å². The number of aromatic nitrogens is 2. The van der Waals surface area contributed by atoms with Crippen molar-refractivity contribution in [2.45, 2.75) is 13.8 Å². The van der Waals surface area contributed by atoms with E-state index in [0.29, 0.717) is 0 Å². The smallest absolute Gasteiger partial charge is 0.223 e. The van der Waals surface area contributed by atoms with Gasteiger partial charge in [-0.25, -0.2) is 4.98 Å². The Bertz CT molecular complexity index is 797. The zero-order chi connectivity index (χ0) is 14.3. The van der Waals surface area contributed by atoms with Crippen molar-refractivity contribution in [2.75, 3.05) is 11.1 Å². The minimum absolute atomic E-state index is 0.283. The first-order valence-corrected chi connectivity index (χ1v) is 7.71. The van der Waals surface area contributed by atoms with Gasteiger partial charge in [0.1, 0.15) is 10.6 Å². The fraction of sp³-hybridized carbons (Fsp3) is 0.143. The van der Waals surface area contributed by atoms with Gasteiger partial charge >= 0.3 is 0 Å². The molecular weight excluding hydrogens is 336 g/mol. The molecule has 4 nitrogen and oxygen atoms in total. The summed E-state index contributed by atoms with van der Waals surface area (Å²) in [5.74, 6) is 1.02. The molecular formula is C14H13BrN4S. The number of anilines is 3. The van der Waals surface area contributed by atoms with E-state index in [1.165, 1.54) is 4.88 Å². The molecule has 3 aromatic rings. The van der Waals surface area contributed by atoms with Crippen LogP contribution < -0.4 is 11.1 Å². The maximum Gasteiger partial charge on any atom is 0.223 e. The predicted octanol–water partition coefficient (Wildman–Crippen LogP) is 4.40. The Morgan fingerprint density at radius 2 is 2.05 bits per heavy atom. The fourth-order valence-electron chi connectivity index (χ4n) is 2.03. The second-order valence-corrected chi connectivity index (χ2v) is 6.60. The van der Waals surface area contributed by atoms with Gasteiger partial charge in [0, 0.05) is 9.35 Å². The molecule has 6 heteroatoms. The van der Waals surface area contributed by atoms with Gasteiger partial charge in [-0.3, -0.25) is 0 Å². The normalized spacial score (nSPS) is 10.9. The van der Waals surface area contributed by atoms with Crippen LogP contribution in [0.2, 0.25) is 0 Å². The van der Waals surface area contributed by atoms with Gasteiger partial charge < -0.3 is 11.1 Å². The van der Waals surface area contributed by atoms with E-state index >= 15 is 0 Å². The third kappa shape index (κ3) is 2.36. The lowest BCUT2D eigenvalue weighted by Crippen LogP contribution is -2.00. The van der Waals surface area contributed by atoms with Crippen molar-refractivity contribution in [1.82, 2.24) is 9.97 Å². The molecule has 0 atom stereocenters. The number of benzene rings is 1. The quantitative estimate of drug-likeness (QED) is 0.720. The van der Waals surface area contributed by atoms with Crippen LogP contribution in [0.3, 0.4) is 0 Å². The van der Waals surface area contributed by atoms with Gasteiger partial charge in [0.05, 0.1) is 11.1 Å². The molecule has 2 heterocycles. The molecule has 0 saturated heterocycles. The highest BCUT2D eigenvalue weighted by molar-refractivity contribution is 9.10. The number of hydrogen-bond donors (Lipinski definition) is 2. The Morgan fingerprint density at radius 3 is 2.85 bits per heavy atom. The number of nitrogens with one attached hydrogen (secondary N) is 1. The van der Waals surface area contributed by atoms with Crippen LogP contribution in [-0.2, 0) is 0 Å². The Morgan fingerprint density at radius 1 is 1.25 bits per heavy atom. The molecule has 20 heavy (non-hydrogen) atoms. The number of nitrogens with two attached hydrogens (primary N) is 1. The number of aryl methyl sites for hydroxylation is 2.